The fraction of sp³-hybridized carbons (Fsp3) is 0.273. The van der Waals surface area contributed by atoms with E-state index in [0.29, 0.717) is 17.8 Å². The Kier molecular flexibility index (Phi) is 4.97. The van der Waals surface area contributed by atoms with Gasteiger partial charge in [-0.3, -0.25) is 4.79 Å². The van der Waals surface area contributed by atoms with Crippen LogP contribution in [0, 0.1) is 12.7 Å². The molecule has 0 radical (unpaired) electrons. The number of nitrogens with zero attached hydrogens (tertiary/aromatic N) is 5. The number of hydrogen-bond acceptors (Lipinski definition) is 5. The molecule has 0 aliphatic carbocycles. The third-order valence-electron chi connectivity index (χ3n) is 5.70. The minimum atomic E-state index is -0.542. The van der Waals surface area contributed by atoms with Gasteiger partial charge in [-0.1, -0.05) is 6.07 Å². The van der Waals surface area contributed by atoms with Crippen molar-refractivity contribution in [3.63, 3.8) is 0 Å². The Hall–Kier alpha value is -3.20. The van der Waals surface area contributed by atoms with E-state index in [1.807, 2.05) is 18.4 Å². The number of imidazole rings is 1. The van der Waals surface area contributed by atoms with Gasteiger partial charge >= 0.3 is 0 Å². The van der Waals surface area contributed by atoms with Crippen LogP contribution in [0.5, 0.6) is 0 Å². The highest BCUT2D eigenvalue weighted by Gasteiger charge is 2.35. The molecule has 1 aliphatic rings. The van der Waals surface area contributed by atoms with E-state index < -0.39 is 5.82 Å². The summed E-state index contributed by atoms with van der Waals surface area (Å²) in [5.74, 6) is -0.188. The normalized spacial score (nSPS) is 16.4. The molecule has 7 nitrogen and oxygen atoms in total. The molecule has 1 unspecified atom stereocenters. The molecule has 1 fully saturated rings. The third kappa shape index (κ3) is 3.38. The Balaban J connectivity index is 1.55. The Labute approximate surface area is 182 Å². The van der Waals surface area contributed by atoms with Crippen molar-refractivity contribution in [3.8, 4) is 5.69 Å². The molecule has 9 heteroatoms. The highest BCUT2D eigenvalue weighted by Crippen LogP contribution is 2.35. The zero-order valence-electron chi connectivity index (χ0n) is 17.2. The molecule has 1 amide bonds. The largest absolute Gasteiger partial charge is 0.340 e. The molecule has 1 aliphatic heterocycles. The Morgan fingerprint density at radius 2 is 2.03 bits per heavy atom. The van der Waals surface area contributed by atoms with Crippen LogP contribution in [0.15, 0.2) is 47.6 Å². The Bertz CT molecular complexity index is 1270. The lowest BCUT2D eigenvalue weighted by atomic mass is 10.1. The van der Waals surface area contributed by atoms with Crippen LogP contribution >= 0.6 is 11.8 Å². The van der Waals surface area contributed by atoms with Crippen molar-refractivity contribution in [1.82, 2.24) is 29.9 Å². The van der Waals surface area contributed by atoms with Crippen LogP contribution in [0.25, 0.3) is 16.7 Å². The second kappa shape index (κ2) is 7.81. The highest BCUT2D eigenvalue weighted by molar-refractivity contribution is 7.98. The van der Waals surface area contributed by atoms with Crippen molar-refractivity contribution in [3.05, 3.63) is 65.5 Å². The number of amides is 1. The number of nitrogens with one attached hydrogen (secondary N) is 1. The fourth-order valence-electron chi connectivity index (χ4n) is 4.11. The molecule has 2 aromatic carbocycles. The fourth-order valence-corrected chi connectivity index (χ4v) is 4.55. The summed E-state index contributed by atoms with van der Waals surface area (Å²) in [5, 5.41) is 8.19. The summed E-state index contributed by atoms with van der Waals surface area (Å²) in [5.41, 5.74) is 2.52. The van der Waals surface area contributed by atoms with Gasteiger partial charge < -0.3 is 9.88 Å². The van der Waals surface area contributed by atoms with Crippen molar-refractivity contribution < 1.29 is 9.18 Å². The number of carbonyl (C=O) groups is 1. The van der Waals surface area contributed by atoms with Crippen LogP contribution in [0.4, 0.5) is 4.39 Å². The van der Waals surface area contributed by atoms with Gasteiger partial charge in [0.15, 0.2) is 0 Å². The van der Waals surface area contributed by atoms with Gasteiger partial charge in [0, 0.05) is 11.4 Å². The van der Waals surface area contributed by atoms with E-state index in [2.05, 4.69) is 21.2 Å². The van der Waals surface area contributed by atoms with Crippen LogP contribution in [0.2, 0.25) is 0 Å². The van der Waals surface area contributed by atoms with Gasteiger partial charge in [0.1, 0.15) is 22.9 Å². The average Bonchev–Trinajstić information content (AvgIpc) is 3.53. The average molecular weight is 437 g/mol. The molecule has 0 saturated carbocycles. The summed E-state index contributed by atoms with van der Waals surface area (Å²) in [6.45, 7) is 2.19. The van der Waals surface area contributed by atoms with E-state index in [9.17, 15) is 4.79 Å². The molecule has 31 heavy (non-hydrogen) atoms. The van der Waals surface area contributed by atoms with Crippen LogP contribution in [-0.4, -0.2) is 48.6 Å². The maximum atomic E-state index is 15.2. The molecule has 4 aromatic rings. The van der Waals surface area contributed by atoms with Crippen molar-refractivity contribution in [2.75, 3.05) is 12.8 Å². The maximum absolute atomic E-state index is 15.2. The molecule has 1 saturated heterocycles. The zero-order chi connectivity index (χ0) is 21.5. The van der Waals surface area contributed by atoms with Gasteiger partial charge in [0.2, 0.25) is 0 Å². The van der Waals surface area contributed by atoms with Crippen molar-refractivity contribution in [2.24, 2.45) is 0 Å². The molecule has 158 valence electrons. The Morgan fingerprint density at radius 3 is 2.81 bits per heavy atom. The van der Waals surface area contributed by atoms with E-state index >= 15 is 4.39 Å². The number of aromatic nitrogens is 5. The lowest BCUT2D eigenvalue weighted by Crippen LogP contribution is -2.33. The molecule has 1 atom stereocenters. The molecular formula is C22H21FN6OS. The summed E-state index contributed by atoms with van der Waals surface area (Å²) in [7, 11) is 0. The summed E-state index contributed by atoms with van der Waals surface area (Å²) >= 11 is 1.66. The molecule has 1 N–H and O–H groups in total. The van der Waals surface area contributed by atoms with Gasteiger partial charge in [-0.05, 0) is 55.9 Å². The SMILES string of the molecule is CSc1ccc2nc(C3CCCN3C(=O)c3c(-n4nccn4)ccc(C)c3F)[nH]c2c1. The molecule has 2 aromatic heterocycles. The van der Waals surface area contributed by atoms with Crippen molar-refractivity contribution in [2.45, 2.75) is 30.7 Å². The smallest absolute Gasteiger partial charge is 0.259 e. The highest BCUT2D eigenvalue weighted by atomic mass is 32.2. The lowest BCUT2D eigenvalue weighted by molar-refractivity contribution is 0.0725. The number of aryl methyl sites for hydroxylation is 1. The summed E-state index contributed by atoms with van der Waals surface area (Å²) in [6.07, 6.45) is 6.62. The topological polar surface area (TPSA) is 79.7 Å². The standard InChI is InChI=1S/C22H21FN6OS/c1-13-5-8-17(29-24-9-10-25-29)19(20(13)23)22(30)28-11-3-4-18(28)21-26-15-7-6-14(31-2)12-16(15)27-21/h5-10,12,18H,3-4,11H2,1-2H3,(H,26,27). The van der Waals surface area contributed by atoms with Crippen LogP contribution in [0.3, 0.4) is 0 Å². The Morgan fingerprint density at radius 1 is 1.23 bits per heavy atom. The molecule has 5 rings (SSSR count). The monoisotopic (exact) mass is 436 g/mol. The molecule has 3 heterocycles. The van der Waals surface area contributed by atoms with E-state index in [0.717, 1.165) is 34.6 Å². The van der Waals surface area contributed by atoms with Gasteiger partial charge in [-0.2, -0.15) is 15.0 Å². The second-order valence-electron chi connectivity index (χ2n) is 7.57. The maximum Gasteiger partial charge on any atom is 0.259 e. The van der Waals surface area contributed by atoms with Crippen molar-refractivity contribution in [1.29, 1.82) is 0 Å². The first-order valence-electron chi connectivity index (χ1n) is 10.1. The molecule has 0 bridgehead atoms. The zero-order valence-corrected chi connectivity index (χ0v) is 18.0. The number of H-pyrrole nitrogens is 1. The number of rotatable bonds is 4. The van der Waals surface area contributed by atoms with Crippen LogP contribution < -0.4 is 0 Å². The summed E-state index contributed by atoms with van der Waals surface area (Å²) in [4.78, 5) is 25.8. The predicted octanol–water partition coefficient (Wildman–Crippen LogP) is 4.29. The summed E-state index contributed by atoms with van der Waals surface area (Å²) < 4.78 is 15.2. The first kappa shape index (κ1) is 19.7. The molecular weight excluding hydrogens is 415 g/mol. The number of hydrogen-bond donors (Lipinski definition) is 1. The minimum absolute atomic E-state index is 0.0103. The predicted molar refractivity (Wildman–Crippen MR) is 117 cm³/mol. The third-order valence-corrected chi connectivity index (χ3v) is 6.42. The number of thioether (sulfide) groups is 1. The van der Waals surface area contributed by atoms with E-state index in [1.54, 1.807) is 35.7 Å². The number of carbonyl (C=O) groups excluding carboxylic acids is 1. The number of aromatic amines is 1. The first-order valence-corrected chi connectivity index (χ1v) is 11.3. The second-order valence-corrected chi connectivity index (χ2v) is 8.45. The number of fused-ring (bicyclic) bond motifs is 1. The van der Waals surface area contributed by atoms with E-state index in [4.69, 9.17) is 4.98 Å². The van der Waals surface area contributed by atoms with E-state index in [1.165, 1.54) is 17.2 Å². The summed E-state index contributed by atoms with van der Waals surface area (Å²) in [6, 6.07) is 9.14. The van der Waals surface area contributed by atoms with Gasteiger partial charge in [0.25, 0.3) is 5.91 Å². The van der Waals surface area contributed by atoms with Gasteiger partial charge in [-0.25, -0.2) is 9.37 Å². The van der Waals surface area contributed by atoms with Crippen LogP contribution in [-0.2, 0) is 0 Å². The van der Waals surface area contributed by atoms with Gasteiger partial charge in [-0.15, -0.1) is 11.8 Å². The number of benzene rings is 2. The van der Waals surface area contributed by atoms with Crippen molar-refractivity contribution >= 4 is 28.7 Å². The van der Waals surface area contributed by atoms with E-state index in [-0.39, 0.29) is 17.5 Å². The lowest BCUT2D eigenvalue weighted by Gasteiger charge is -2.24. The molecule has 0 spiro atoms. The number of likely N-dealkylation sites (tertiary alicyclic amines) is 1. The first-order chi connectivity index (χ1) is 15.1. The minimum Gasteiger partial charge on any atom is -0.340 e. The van der Waals surface area contributed by atoms with Gasteiger partial charge in [0.05, 0.1) is 29.5 Å². The quantitative estimate of drug-likeness (QED) is 0.483. The van der Waals surface area contributed by atoms with Crippen LogP contribution in [0.1, 0.15) is 40.6 Å². The number of halogens is 1.